The van der Waals surface area contributed by atoms with E-state index in [2.05, 4.69) is 5.32 Å². The first kappa shape index (κ1) is 13.6. The Bertz CT molecular complexity index is 567. The van der Waals surface area contributed by atoms with Crippen molar-refractivity contribution in [3.63, 3.8) is 0 Å². The lowest BCUT2D eigenvalue weighted by Gasteiger charge is -2.06. The fourth-order valence-corrected chi connectivity index (χ4v) is 1.88. The summed E-state index contributed by atoms with van der Waals surface area (Å²) in [5.74, 6) is -0.161. The van der Waals surface area contributed by atoms with Crippen LogP contribution in [0.1, 0.15) is 15.9 Å². The van der Waals surface area contributed by atoms with Crippen LogP contribution in [0.2, 0.25) is 5.02 Å². The van der Waals surface area contributed by atoms with Gasteiger partial charge in [-0.1, -0.05) is 29.8 Å². The Labute approximate surface area is 117 Å². The average molecular weight is 276 g/mol. The maximum absolute atomic E-state index is 12.0. The minimum Gasteiger partial charge on any atom is -0.380 e. The zero-order chi connectivity index (χ0) is 13.7. The van der Waals surface area contributed by atoms with Crippen LogP contribution in [0.3, 0.4) is 0 Å². The Hall–Kier alpha value is -1.84. The van der Waals surface area contributed by atoms with E-state index >= 15 is 0 Å². The van der Waals surface area contributed by atoms with Gasteiger partial charge in [0.2, 0.25) is 0 Å². The van der Waals surface area contributed by atoms with E-state index in [4.69, 9.17) is 16.3 Å². The molecule has 3 nitrogen and oxygen atoms in total. The monoisotopic (exact) mass is 275 g/mol. The van der Waals surface area contributed by atoms with Gasteiger partial charge in [0.15, 0.2) is 0 Å². The number of halogens is 1. The standard InChI is InChI=1S/C15H14ClNO2/c1-19-10-11-5-7-12(8-6-11)15(18)17-14-4-2-3-13(16)9-14/h2-9H,10H2,1H3,(H,17,18). The zero-order valence-corrected chi connectivity index (χ0v) is 11.3. The van der Waals surface area contributed by atoms with E-state index < -0.39 is 0 Å². The molecule has 0 fully saturated rings. The molecule has 0 heterocycles. The van der Waals surface area contributed by atoms with Gasteiger partial charge in [-0.25, -0.2) is 0 Å². The maximum Gasteiger partial charge on any atom is 0.255 e. The van der Waals surface area contributed by atoms with Gasteiger partial charge in [-0.3, -0.25) is 4.79 Å². The third-order valence-electron chi connectivity index (χ3n) is 2.61. The van der Waals surface area contributed by atoms with Crippen molar-refractivity contribution in [1.29, 1.82) is 0 Å². The second-order valence-corrected chi connectivity index (χ2v) is 4.53. The number of anilines is 1. The summed E-state index contributed by atoms with van der Waals surface area (Å²) in [7, 11) is 1.64. The van der Waals surface area contributed by atoms with Crippen LogP contribution in [0.4, 0.5) is 5.69 Å². The molecule has 4 heteroatoms. The van der Waals surface area contributed by atoms with E-state index in [1.165, 1.54) is 0 Å². The molecule has 0 saturated carbocycles. The van der Waals surface area contributed by atoms with E-state index in [1.807, 2.05) is 12.1 Å². The number of amides is 1. The molecular formula is C15H14ClNO2. The molecule has 0 aliphatic rings. The third kappa shape index (κ3) is 3.81. The number of hydrogen-bond donors (Lipinski definition) is 1. The van der Waals surface area contributed by atoms with Crippen molar-refractivity contribution in [2.45, 2.75) is 6.61 Å². The Morgan fingerprint density at radius 3 is 2.58 bits per heavy atom. The van der Waals surface area contributed by atoms with Gasteiger partial charge >= 0.3 is 0 Å². The van der Waals surface area contributed by atoms with Crippen LogP contribution in [-0.4, -0.2) is 13.0 Å². The maximum atomic E-state index is 12.0. The zero-order valence-electron chi connectivity index (χ0n) is 10.5. The van der Waals surface area contributed by atoms with Gasteiger partial charge in [-0.2, -0.15) is 0 Å². The number of carbonyl (C=O) groups excluding carboxylic acids is 1. The molecule has 1 N–H and O–H groups in total. The van der Waals surface area contributed by atoms with Gasteiger partial charge in [0.1, 0.15) is 0 Å². The van der Waals surface area contributed by atoms with Crippen LogP contribution in [0.25, 0.3) is 0 Å². The summed E-state index contributed by atoms with van der Waals surface area (Å²) in [6.07, 6.45) is 0. The number of carbonyl (C=O) groups is 1. The molecule has 0 aliphatic heterocycles. The predicted molar refractivity (Wildman–Crippen MR) is 76.6 cm³/mol. The smallest absolute Gasteiger partial charge is 0.255 e. The molecule has 2 rings (SSSR count). The van der Waals surface area contributed by atoms with Crippen molar-refractivity contribution < 1.29 is 9.53 Å². The highest BCUT2D eigenvalue weighted by atomic mass is 35.5. The van der Waals surface area contributed by atoms with Crippen LogP contribution >= 0.6 is 11.6 Å². The van der Waals surface area contributed by atoms with E-state index in [9.17, 15) is 4.79 Å². The van der Waals surface area contributed by atoms with E-state index in [0.29, 0.717) is 22.9 Å². The molecule has 0 unspecified atom stereocenters. The summed E-state index contributed by atoms with van der Waals surface area (Å²) in [6, 6.07) is 14.3. The Morgan fingerprint density at radius 2 is 1.95 bits per heavy atom. The quantitative estimate of drug-likeness (QED) is 0.923. The van der Waals surface area contributed by atoms with Crippen molar-refractivity contribution in [3.8, 4) is 0 Å². The molecule has 0 aromatic heterocycles. The lowest BCUT2D eigenvalue weighted by molar-refractivity contribution is 0.102. The molecule has 0 bridgehead atoms. The van der Waals surface area contributed by atoms with E-state index in [-0.39, 0.29) is 5.91 Å². The Morgan fingerprint density at radius 1 is 1.21 bits per heavy atom. The molecule has 2 aromatic rings. The van der Waals surface area contributed by atoms with Gasteiger partial charge in [0, 0.05) is 23.4 Å². The summed E-state index contributed by atoms with van der Waals surface area (Å²) >= 11 is 5.86. The first-order chi connectivity index (χ1) is 9.19. The molecule has 0 aliphatic carbocycles. The summed E-state index contributed by atoms with van der Waals surface area (Å²) in [5, 5.41) is 3.39. The highest BCUT2D eigenvalue weighted by Crippen LogP contribution is 2.16. The van der Waals surface area contributed by atoms with Crippen LogP contribution in [0.5, 0.6) is 0 Å². The molecule has 0 radical (unpaired) electrons. The fraction of sp³-hybridized carbons (Fsp3) is 0.133. The number of benzene rings is 2. The molecule has 0 saturated heterocycles. The second-order valence-electron chi connectivity index (χ2n) is 4.09. The molecule has 1 amide bonds. The van der Waals surface area contributed by atoms with Crippen LogP contribution < -0.4 is 5.32 Å². The minimum absolute atomic E-state index is 0.161. The highest BCUT2D eigenvalue weighted by Gasteiger charge is 2.06. The van der Waals surface area contributed by atoms with Crippen molar-refractivity contribution in [2.24, 2.45) is 0 Å². The average Bonchev–Trinajstić information content (AvgIpc) is 2.40. The Balaban J connectivity index is 2.07. The number of nitrogens with one attached hydrogen (secondary N) is 1. The lowest BCUT2D eigenvalue weighted by Crippen LogP contribution is -2.11. The predicted octanol–water partition coefficient (Wildman–Crippen LogP) is 3.74. The number of methoxy groups -OCH3 is 1. The molecule has 98 valence electrons. The second kappa shape index (κ2) is 6.36. The van der Waals surface area contributed by atoms with Crippen LogP contribution in [-0.2, 0) is 11.3 Å². The van der Waals surface area contributed by atoms with Gasteiger partial charge in [-0.05, 0) is 35.9 Å². The lowest BCUT2D eigenvalue weighted by atomic mass is 10.1. The first-order valence-electron chi connectivity index (χ1n) is 5.84. The van der Waals surface area contributed by atoms with Crippen molar-refractivity contribution in [2.75, 3.05) is 12.4 Å². The van der Waals surface area contributed by atoms with Gasteiger partial charge in [-0.15, -0.1) is 0 Å². The minimum atomic E-state index is -0.161. The van der Waals surface area contributed by atoms with Gasteiger partial charge in [0.25, 0.3) is 5.91 Å². The van der Waals surface area contributed by atoms with E-state index in [0.717, 1.165) is 5.56 Å². The van der Waals surface area contributed by atoms with E-state index in [1.54, 1.807) is 43.5 Å². The summed E-state index contributed by atoms with van der Waals surface area (Å²) < 4.78 is 5.02. The number of hydrogen-bond acceptors (Lipinski definition) is 2. The SMILES string of the molecule is COCc1ccc(C(=O)Nc2cccc(Cl)c2)cc1. The number of ether oxygens (including phenoxy) is 1. The molecule has 0 spiro atoms. The fourth-order valence-electron chi connectivity index (χ4n) is 1.69. The summed E-state index contributed by atoms with van der Waals surface area (Å²) in [4.78, 5) is 12.0. The third-order valence-corrected chi connectivity index (χ3v) is 2.84. The van der Waals surface area contributed by atoms with Gasteiger partial charge < -0.3 is 10.1 Å². The summed E-state index contributed by atoms with van der Waals surface area (Å²) in [5.41, 5.74) is 2.31. The topological polar surface area (TPSA) is 38.3 Å². The summed E-state index contributed by atoms with van der Waals surface area (Å²) in [6.45, 7) is 0.538. The van der Waals surface area contributed by atoms with Crippen molar-refractivity contribution in [3.05, 3.63) is 64.7 Å². The molecule has 2 aromatic carbocycles. The number of rotatable bonds is 4. The van der Waals surface area contributed by atoms with Crippen molar-refractivity contribution in [1.82, 2.24) is 0 Å². The molecule has 0 atom stereocenters. The largest absolute Gasteiger partial charge is 0.380 e. The van der Waals surface area contributed by atoms with Crippen molar-refractivity contribution >= 4 is 23.2 Å². The van der Waals surface area contributed by atoms with Crippen LogP contribution in [0, 0.1) is 0 Å². The van der Waals surface area contributed by atoms with Crippen LogP contribution in [0.15, 0.2) is 48.5 Å². The molecule has 19 heavy (non-hydrogen) atoms. The normalized spacial score (nSPS) is 10.2. The van der Waals surface area contributed by atoms with Gasteiger partial charge in [0.05, 0.1) is 6.61 Å². The first-order valence-corrected chi connectivity index (χ1v) is 6.21. The Kier molecular flexibility index (Phi) is 4.55. The highest BCUT2D eigenvalue weighted by molar-refractivity contribution is 6.30. The molecular weight excluding hydrogens is 262 g/mol.